The third kappa shape index (κ3) is 7.36. The summed E-state index contributed by atoms with van der Waals surface area (Å²) in [5, 5.41) is 2.42. The Hall–Kier alpha value is -1.69. The van der Waals surface area contributed by atoms with Crippen molar-refractivity contribution in [3.05, 3.63) is 35.9 Å². The zero-order valence-electron chi connectivity index (χ0n) is 12.3. The number of alkyl carbamates (subject to hydrolysis) is 1. The minimum absolute atomic E-state index is 0.0964. The van der Waals surface area contributed by atoms with Gasteiger partial charge in [-0.3, -0.25) is 0 Å². The van der Waals surface area contributed by atoms with Gasteiger partial charge < -0.3 is 24.6 Å². The lowest BCUT2D eigenvalue weighted by Crippen LogP contribution is -2.41. The van der Waals surface area contributed by atoms with Crippen molar-refractivity contribution in [2.75, 3.05) is 13.3 Å². The van der Waals surface area contributed by atoms with Crippen LogP contribution in [0.3, 0.4) is 0 Å². The summed E-state index contributed by atoms with van der Waals surface area (Å²) in [6, 6.07) is 8.27. The normalized spacial score (nSPS) is 11.8. The number of hydrogen-bond donors (Lipinski definition) is 3. The molecule has 0 aliphatic carbocycles. The molecular formula is C14H20NO6P. The Balaban J connectivity index is 2.42. The third-order valence-corrected chi connectivity index (χ3v) is 3.56. The number of methoxy groups -OCH3 is 1. The van der Waals surface area contributed by atoms with E-state index >= 15 is 0 Å². The predicted molar refractivity (Wildman–Crippen MR) is 81.0 cm³/mol. The molecule has 0 heterocycles. The lowest BCUT2D eigenvalue weighted by atomic mass is 10.2. The zero-order valence-corrected chi connectivity index (χ0v) is 13.2. The second-order valence-corrected chi connectivity index (χ2v) is 5.71. The van der Waals surface area contributed by atoms with Crippen molar-refractivity contribution in [1.82, 2.24) is 5.32 Å². The highest BCUT2D eigenvalue weighted by Crippen LogP contribution is 2.24. The molecule has 0 aliphatic heterocycles. The second kappa shape index (κ2) is 10.1. The van der Waals surface area contributed by atoms with Gasteiger partial charge in [-0.15, -0.1) is 0 Å². The summed E-state index contributed by atoms with van der Waals surface area (Å²) in [5.41, 5.74) is 0.832. The van der Waals surface area contributed by atoms with Gasteiger partial charge in [-0.1, -0.05) is 30.3 Å². The Morgan fingerprint density at radius 1 is 1.27 bits per heavy atom. The van der Waals surface area contributed by atoms with Crippen LogP contribution in [0, 0.1) is 0 Å². The average Bonchev–Trinajstić information content (AvgIpc) is 2.52. The van der Waals surface area contributed by atoms with Crippen molar-refractivity contribution >= 4 is 20.4 Å². The van der Waals surface area contributed by atoms with E-state index in [0.717, 1.165) is 5.56 Å². The smallest absolute Gasteiger partial charge is 0.408 e. The number of carbonyl (C=O) groups is 2. The first-order chi connectivity index (χ1) is 10.5. The Kier molecular flexibility index (Phi) is 8.43. The maximum Gasteiger partial charge on any atom is 0.408 e. The van der Waals surface area contributed by atoms with Crippen LogP contribution in [0.15, 0.2) is 30.3 Å². The van der Waals surface area contributed by atoms with Gasteiger partial charge in [0, 0.05) is 6.16 Å². The predicted octanol–water partition coefficient (Wildman–Crippen LogP) is 1.53. The number of rotatable bonds is 8. The lowest BCUT2D eigenvalue weighted by molar-refractivity contribution is -0.143. The highest BCUT2D eigenvalue weighted by atomic mass is 31.2. The average molecular weight is 329 g/mol. The molecule has 22 heavy (non-hydrogen) atoms. The summed E-state index contributed by atoms with van der Waals surface area (Å²) >= 11 is 0. The minimum atomic E-state index is -2.01. The van der Waals surface area contributed by atoms with Crippen LogP contribution in [0.2, 0.25) is 0 Å². The van der Waals surface area contributed by atoms with Gasteiger partial charge in [-0.2, -0.15) is 0 Å². The number of ether oxygens (including phenoxy) is 2. The molecule has 0 spiro atoms. The van der Waals surface area contributed by atoms with Gasteiger partial charge in [-0.05, 0) is 18.4 Å². The van der Waals surface area contributed by atoms with Gasteiger partial charge in [0.15, 0.2) is 8.38 Å². The first-order valence-corrected chi connectivity index (χ1v) is 8.16. The van der Waals surface area contributed by atoms with E-state index in [-0.39, 0.29) is 19.2 Å². The van der Waals surface area contributed by atoms with Crippen LogP contribution in [0.25, 0.3) is 0 Å². The molecule has 0 unspecified atom stereocenters. The fourth-order valence-electron chi connectivity index (χ4n) is 1.74. The lowest BCUT2D eigenvalue weighted by Gasteiger charge is -2.16. The molecule has 0 aliphatic rings. The number of nitrogens with one attached hydrogen (secondary N) is 1. The molecule has 1 aromatic rings. The zero-order chi connectivity index (χ0) is 16.4. The van der Waals surface area contributed by atoms with Crippen molar-refractivity contribution in [3.63, 3.8) is 0 Å². The summed E-state index contributed by atoms with van der Waals surface area (Å²) in [5.74, 6) is -0.600. The van der Waals surface area contributed by atoms with Crippen LogP contribution in [0.1, 0.15) is 18.4 Å². The van der Waals surface area contributed by atoms with E-state index in [1.165, 1.54) is 7.11 Å². The molecule has 0 fully saturated rings. The van der Waals surface area contributed by atoms with E-state index in [0.29, 0.717) is 6.42 Å². The van der Waals surface area contributed by atoms with Crippen LogP contribution >= 0.6 is 8.38 Å². The quantitative estimate of drug-likeness (QED) is 0.493. The largest absolute Gasteiger partial charge is 0.467 e. The standard InChI is InChI=1S/C14H20NO6P/c1-20-13(16)12(8-5-9-22(18)19)15-14(17)21-10-11-6-3-2-4-7-11/h2-4,6-7,12,18-19H,5,8-10H2,1H3,(H,15,17)/t12-/m0/s1. The van der Waals surface area contributed by atoms with Crippen molar-refractivity contribution in [2.24, 2.45) is 0 Å². The molecule has 7 nitrogen and oxygen atoms in total. The molecule has 1 aromatic carbocycles. The summed E-state index contributed by atoms with van der Waals surface area (Å²) in [7, 11) is -0.789. The van der Waals surface area contributed by atoms with Crippen LogP contribution in [0.4, 0.5) is 4.79 Å². The topological polar surface area (TPSA) is 105 Å². The van der Waals surface area contributed by atoms with E-state index in [1.807, 2.05) is 30.3 Å². The second-order valence-electron chi connectivity index (χ2n) is 4.52. The van der Waals surface area contributed by atoms with E-state index < -0.39 is 26.5 Å². The molecule has 0 bridgehead atoms. The molecule has 1 atom stereocenters. The maximum absolute atomic E-state index is 11.7. The summed E-state index contributed by atoms with van der Waals surface area (Å²) in [6.07, 6.45) is 0.0585. The van der Waals surface area contributed by atoms with Gasteiger partial charge in [0.25, 0.3) is 0 Å². The molecule has 122 valence electrons. The number of hydrogen-bond acceptors (Lipinski definition) is 6. The number of amides is 1. The third-order valence-electron chi connectivity index (χ3n) is 2.84. The van der Waals surface area contributed by atoms with Crippen LogP contribution in [0.5, 0.6) is 0 Å². The van der Waals surface area contributed by atoms with E-state index in [2.05, 4.69) is 10.1 Å². The number of esters is 1. The molecule has 0 aromatic heterocycles. The molecule has 0 saturated heterocycles. The first-order valence-electron chi connectivity index (χ1n) is 6.73. The molecule has 1 rings (SSSR count). The van der Waals surface area contributed by atoms with E-state index in [4.69, 9.17) is 14.5 Å². The van der Waals surface area contributed by atoms with Crippen molar-refractivity contribution < 1.29 is 28.8 Å². The molecule has 3 N–H and O–H groups in total. The monoisotopic (exact) mass is 329 g/mol. The van der Waals surface area contributed by atoms with Crippen molar-refractivity contribution in [1.29, 1.82) is 0 Å². The summed E-state index contributed by atoms with van der Waals surface area (Å²) in [4.78, 5) is 41.0. The first kappa shape index (κ1) is 18.4. The van der Waals surface area contributed by atoms with E-state index in [9.17, 15) is 9.59 Å². The van der Waals surface area contributed by atoms with Crippen molar-refractivity contribution in [2.45, 2.75) is 25.5 Å². The number of carbonyl (C=O) groups excluding carboxylic acids is 2. The summed E-state index contributed by atoms with van der Waals surface area (Å²) in [6.45, 7) is 0.0964. The molecule has 1 amide bonds. The maximum atomic E-state index is 11.7. The fraction of sp³-hybridized carbons (Fsp3) is 0.429. The van der Waals surface area contributed by atoms with E-state index in [1.54, 1.807) is 0 Å². The molecule has 0 radical (unpaired) electrons. The van der Waals surface area contributed by atoms with Crippen molar-refractivity contribution in [3.8, 4) is 0 Å². The summed E-state index contributed by atoms with van der Waals surface area (Å²) < 4.78 is 9.63. The highest BCUT2D eigenvalue weighted by Gasteiger charge is 2.22. The number of benzene rings is 1. The van der Waals surface area contributed by atoms with Crippen LogP contribution in [-0.2, 0) is 20.9 Å². The molecule has 8 heteroatoms. The van der Waals surface area contributed by atoms with Crippen LogP contribution < -0.4 is 5.32 Å². The van der Waals surface area contributed by atoms with Gasteiger partial charge in [-0.25, -0.2) is 9.59 Å². The van der Waals surface area contributed by atoms with Gasteiger partial charge in [0.1, 0.15) is 12.6 Å². The fourth-order valence-corrected chi connectivity index (χ4v) is 2.20. The Labute approximate surface area is 130 Å². The SMILES string of the molecule is COC(=O)[C@H](CCCP(O)O)NC(=O)OCc1ccccc1. The Morgan fingerprint density at radius 2 is 1.95 bits per heavy atom. The Bertz CT molecular complexity index is 468. The molecule has 0 saturated carbocycles. The van der Waals surface area contributed by atoms with Gasteiger partial charge in [0.05, 0.1) is 7.11 Å². The minimum Gasteiger partial charge on any atom is -0.467 e. The van der Waals surface area contributed by atoms with Crippen LogP contribution in [-0.4, -0.2) is 41.2 Å². The van der Waals surface area contributed by atoms with Gasteiger partial charge >= 0.3 is 12.1 Å². The highest BCUT2D eigenvalue weighted by molar-refractivity contribution is 7.45. The molecular weight excluding hydrogens is 309 g/mol. The Morgan fingerprint density at radius 3 is 2.55 bits per heavy atom. The van der Waals surface area contributed by atoms with Gasteiger partial charge in [0.2, 0.25) is 0 Å².